The Morgan fingerprint density at radius 2 is 1.11 bits per heavy atom. The normalized spacial score (nSPS) is 12.2. The summed E-state index contributed by atoms with van der Waals surface area (Å²) >= 11 is 0. The van der Waals surface area contributed by atoms with Gasteiger partial charge in [-0.1, -0.05) is 91.0 Å². The fraction of sp³-hybridized carbons (Fsp3) is 0.217. The summed E-state index contributed by atoms with van der Waals surface area (Å²) < 4.78 is 5.50. The third kappa shape index (κ3) is 5.56. The molecule has 1 unspecified atom stereocenters. The summed E-state index contributed by atoms with van der Waals surface area (Å²) in [6, 6.07) is 32.1. The van der Waals surface area contributed by atoms with Crippen LogP contribution in [0.3, 0.4) is 0 Å². The van der Waals surface area contributed by atoms with Crippen LogP contribution in [0.2, 0.25) is 0 Å². The van der Waals surface area contributed by atoms with Crippen LogP contribution in [0.5, 0.6) is 0 Å². The van der Waals surface area contributed by atoms with Crippen molar-refractivity contribution < 1.29 is 42.1 Å². The van der Waals surface area contributed by atoms with Gasteiger partial charge in [0.1, 0.15) is 0 Å². The summed E-state index contributed by atoms with van der Waals surface area (Å²) in [6.07, 6.45) is 1.79. The third-order valence-electron chi connectivity index (χ3n) is 4.81. The minimum atomic E-state index is -1.64. The average molecular weight is 454 g/mol. The second-order valence-electron chi connectivity index (χ2n) is 6.47. The summed E-state index contributed by atoms with van der Waals surface area (Å²) in [4.78, 5) is 9.51. The van der Waals surface area contributed by atoms with E-state index in [1.807, 2.05) is 0 Å². The Morgan fingerprint density at radius 3 is 1.44 bits per heavy atom. The summed E-state index contributed by atoms with van der Waals surface area (Å²) in [5, 5.41) is 0. The van der Waals surface area contributed by atoms with Crippen LogP contribution in [-0.4, -0.2) is 18.2 Å². The van der Waals surface area contributed by atoms with Gasteiger partial charge in [-0.05, 0) is 29.5 Å². The van der Waals surface area contributed by atoms with Crippen molar-refractivity contribution >= 4 is 8.38 Å². The smallest absolute Gasteiger partial charge is 0.223 e. The molecule has 0 amide bonds. The fourth-order valence-corrected chi connectivity index (χ4v) is 4.10. The molecule has 0 spiro atoms. The first-order valence-corrected chi connectivity index (χ1v) is 10.9. The largest absolute Gasteiger partial charge is 0.256 e. The van der Waals surface area contributed by atoms with E-state index in [9.17, 15) is 4.89 Å². The minimum Gasteiger partial charge on any atom is -0.223 e. The van der Waals surface area contributed by atoms with E-state index in [4.69, 9.17) is 4.52 Å². The topological polar surface area (TPSA) is 29.5 Å². The first-order chi connectivity index (χ1) is 12.7. The molecule has 0 bridgehead atoms. The molecule has 3 rings (SSSR count). The molecule has 0 saturated heterocycles. The van der Waals surface area contributed by atoms with Crippen molar-refractivity contribution in [2.45, 2.75) is 18.3 Å². The maximum atomic E-state index is 9.51. The van der Waals surface area contributed by atoms with E-state index in [0.29, 0.717) is 6.61 Å². The zero-order valence-corrected chi connectivity index (χ0v) is 19.6. The molecule has 27 heavy (non-hydrogen) atoms. The van der Waals surface area contributed by atoms with E-state index < -0.39 is 8.38 Å². The molecule has 0 saturated carbocycles. The molecule has 1 atom stereocenters. The third-order valence-corrected chi connectivity index (χ3v) is 5.43. The SMILES string of the molecule is C[PH+](O)OCCCC(c1ccccc1)(c1ccccc1)c1ccccc1.[Y]. The van der Waals surface area contributed by atoms with Crippen LogP contribution in [0, 0.1) is 0 Å². The van der Waals surface area contributed by atoms with E-state index in [2.05, 4.69) is 91.0 Å². The van der Waals surface area contributed by atoms with E-state index in [1.165, 1.54) is 16.7 Å². The predicted octanol–water partition coefficient (Wildman–Crippen LogP) is 5.48. The van der Waals surface area contributed by atoms with E-state index >= 15 is 0 Å². The Labute approximate surface area is 188 Å². The quantitative estimate of drug-likeness (QED) is 0.278. The molecule has 4 heteroatoms. The second-order valence-corrected chi connectivity index (χ2v) is 7.80. The van der Waals surface area contributed by atoms with E-state index in [0.717, 1.165) is 12.8 Å². The minimum absolute atomic E-state index is 0. The summed E-state index contributed by atoms with van der Waals surface area (Å²) in [7, 11) is -1.64. The van der Waals surface area contributed by atoms with Gasteiger partial charge < -0.3 is 0 Å². The van der Waals surface area contributed by atoms with Gasteiger partial charge in [0.2, 0.25) is 0 Å². The molecule has 0 aromatic heterocycles. The Morgan fingerprint density at radius 1 is 0.741 bits per heavy atom. The van der Waals surface area contributed by atoms with Crippen molar-refractivity contribution in [3.05, 3.63) is 108 Å². The molecule has 3 aromatic rings. The van der Waals surface area contributed by atoms with Crippen molar-refractivity contribution in [1.82, 2.24) is 0 Å². The maximum absolute atomic E-state index is 9.51. The summed E-state index contributed by atoms with van der Waals surface area (Å²) in [5.74, 6) is 0. The standard InChI is InChI=1S/C23H25O2P.Y/c1-26(24)25-19-11-18-23(20-12-5-2-6-13-20,21-14-7-3-8-15-21)22-16-9-4-10-17-22;/h2-10,12-17,24H,11,18-19H2,1H3;/p+1. The predicted molar refractivity (Wildman–Crippen MR) is 111 cm³/mol. The number of hydrogen-bond acceptors (Lipinski definition) is 2. The first-order valence-electron chi connectivity index (χ1n) is 9.05. The average Bonchev–Trinajstić information content (AvgIpc) is 2.70. The second kappa shape index (κ2) is 11.2. The van der Waals surface area contributed by atoms with Crippen molar-refractivity contribution in [2.24, 2.45) is 0 Å². The van der Waals surface area contributed by atoms with Gasteiger partial charge in [-0.2, -0.15) is 0 Å². The molecule has 137 valence electrons. The molecule has 0 fully saturated rings. The molecule has 3 aromatic carbocycles. The van der Waals surface area contributed by atoms with Gasteiger partial charge >= 0.3 is 0 Å². The molecular formula is C23H26O2PY+. The van der Waals surface area contributed by atoms with Gasteiger partial charge in [0.25, 0.3) is 8.38 Å². The molecule has 1 N–H and O–H groups in total. The van der Waals surface area contributed by atoms with Gasteiger partial charge in [0, 0.05) is 38.1 Å². The van der Waals surface area contributed by atoms with Crippen molar-refractivity contribution in [2.75, 3.05) is 13.3 Å². The van der Waals surface area contributed by atoms with Crippen molar-refractivity contribution in [1.29, 1.82) is 0 Å². The van der Waals surface area contributed by atoms with Gasteiger partial charge in [0.05, 0.1) is 13.3 Å². The van der Waals surface area contributed by atoms with Crippen molar-refractivity contribution in [3.8, 4) is 0 Å². The van der Waals surface area contributed by atoms with E-state index in [-0.39, 0.29) is 38.1 Å². The molecule has 0 aliphatic carbocycles. The van der Waals surface area contributed by atoms with Crippen LogP contribution in [-0.2, 0) is 42.6 Å². The van der Waals surface area contributed by atoms with Crippen LogP contribution in [0.4, 0.5) is 0 Å². The number of rotatable bonds is 8. The van der Waals surface area contributed by atoms with Gasteiger partial charge in [0.15, 0.2) is 0 Å². The van der Waals surface area contributed by atoms with Crippen LogP contribution >= 0.6 is 8.38 Å². The Bertz CT molecular complexity index is 683. The zero-order valence-electron chi connectivity index (χ0n) is 15.7. The van der Waals surface area contributed by atoms with Crippen LogP contribution in [0.1, 0.15) is 29.5 Å². The molecule has 1 radical (unpaired) electrons. The van der Waals surface area contributed by atoms with Crippen molar-refractivity contribution in [3.63, 3.8) is 0 Å². The van der Waals surface area contributed by atoms with Gasteiger partial charge in [-0.25, -0.2) is 9.42 Å². The van der Waals surface area contributed by atoms with Gasteiger partial charge in [-0.15, -0.1) is 0 Å². The summed E-state index contributed by atoms with van der Waals surface area (Å²) in [6.45, 7) is 2.33. The molecule has 2 nitrogen and oxygen atoms in total. The first kappa shape index (κ1) is 22.4. The number of benzene rings is 3. The Hall–Kier alpha value is -0.886. The zero-order chi connectivity index (χ0) is 18.2. The monoisotopic (exact) mass is 454 g/mol. The Balaban J connectivity index is 0.00000261. The van der Waals surface area contributed by atoms with Crippen LogP contribution < -0.4 is 0 Å². The van der Waals surface area contributed by atoms with E-state index in [1.54, 1.807) is 6.66 Å². The number of hydrogen-bond donors (Lipinski definition) is 1. The van der Waals surface area contributed by atoms with Crippen LogP contribution in [0.25, 0.3) is 0 Å². The Kier molecular flexibility index (Phi) is 9.29. The summed E-state index contributed by atoms with van der Waals surface area (Å²) in [5.41, 5.74) is 3.61. The molecule has 0 heterocycles. The molecule has 0 aliphatic heterocycles. The fourth-order valence-electron chi connectivity index (χ4n) is 3.66. The van der Waals surface area contributed by atoms with Gasteiger partial charge in [-0.3, -0.25) is 0 Å². The maximum Gasteiger partial charge on any atom is 0.256 e. The van der Waals surface area contributed by atoms with Crippen LogP contribution in [0.15, 0.2) is 91.0 Å². The molecular weight excluding hydrogens is 428 g/mol. The molecule has 0 aliphatic rings.